The summed E-state index contributed by atoms with van der Waals surface area (Å²) < 4.78 is 0.743. The minimum absolute atomic E-state index is 0. The highest BCUT2D eigenvalue weighted by molar-refractivity contribution is 9.10. The first-order valence-electron chi connectivity index (χ1n) is 1.75. The number of hydrogen-bond donors (Lipinski definition) is 2. The molecule has 0 atom stereocenters. The van der Waals surface area contributed by atoms with Gasteiger partial charge in [-0.05, 0) is 15.9 Å². The van der Waals surface area contributed by atoms with Gasteiger partial charge in [0.05, 0.1) is 11.9 Å². The minimum Gasteiger partial charge on any atom is -0.395 e. The maximum atomic E-state index is 5.30. The van der Waals surface area contributed by atoms with Crippen molar-refractivity contribution in [3.8, 4) is 0 Å². The lowest BCUT2D eigenvalue weighted by atomic mass is 10.6. The molecule has 3 nitrogen and oxygen atoms in total. The Balaban J connectivity index is 0.000000490. The lowest BCUT2D eigenvalue weighted by Crippen LogP contribution is -1.78. The zero-order chi connectivity index (χ0) is 5.28. The molecule has 46 valence electrons. The molecule has 0 unspecified atom stereocenters. The van der Waals surface area contributed by atoms with Crippen LogP contribution < -0.4 is 5.73 Å². The quantitative estimate of drug-likeness (QED) is 0.658. The molecule has 0 amide bonds. The second kappa shape index (κ2) is 2.94. The maximum Gasteiger partial charge on any atom is 0.123 e. The second-order valence-corrected chi connectivity index (χ2v) is 1.93. The summed E-state index contributed by atoms with van der Waals surface area (Å²) in [5.41, 5.74) is 5.94. The number of nitrogens with two attached hydrogens (primary N) is 1. The zero-order valence-corrected chi connectivity index (χ0v) is 6.29. The zero-order valence-electron chi connectivity index (χ0n) is 3.89. The van der Waals surface area contributed by atoms with Crippen molar-refractivity contribution in [3.05, 3.63) is 10.8 Å². The predicted molar refractivity (Wildman–Crippen MR) is 37.9 cm³/mol. The molecule has 1 aromatic heterocycles. The monoisotopic (exact) mass is 197 g/mol. The van der Waals surface area contributed by atoms with Crippen LogP contribution in [-0.2, 0) is 0 Å². The van der Waals surface area contributed by atoms with E-state index in [2.05, 4.69) is 26.1 Å². The standard InChI is InChI=1S/C3H4BrN3.ClH/c4-3-2(5)1-6-7-3;/h1H,5H2,(H,6,7);1H. The average molecular weight is 198 g/mol. The highest BCUT2D eigenvalue weighted by atomic mass is 79.9. The van der Waals surface area contributed by atoms with Gasteiger partial charge in [-0.15, -0.1) is 12.4 Å². The molecule has 0 fully saturated rings. The molecule has 0 radical (unpaired) electrons. The molecule has 0 aliphatic carbocycles. The fourth-order valence-electron chi connectivity index (χ4n) is 0.280. The van der Waals surface area contributed by atoms with E-state index in [-0.39, 0.29) is 12.4 Å². The number of rotatable bonds is 0. The van der Waals surface area contributed by atoms with E-state index in [1.54, 1.807) is 6.20 Å². The molecule has 0 saturated heterocycles. The molecule has 1 rings (SSSR count). The SMILES string of the molecule is Cl.Nc1cn[nH]c1Br. The van der Waals surface area contributed by atoms with Crippen LogP contribution in [0.2, 0.25) is 0 Å². The smallest absolute Gasteiger partial charge is 0.123 e. The molecular weight excluding hydrogens is 193 g/mol. The third-order valence-corrected chi connectivity index (χ3v) is 1.25. The van der Waals surface area contributed by atoms with Crippen LogP contribution in [0.3, 0.4) is 0 Å². The van der Waals surface area contributed by atoms with Gasteiger partial charge in [-0.3, -0.25) is 5.10 Å². The molecule has 1 heterocycles. The molecule has 0 aliphatic rings. The summed E-state index contributed by atoms with van der Waals surface area (Å²) in [6.07, 6.45) is 1.55. The highest BCUT2D eigenvalue weighted by Gasteiger charge is 1.90. The summed E-state index contributed by atoms with van der Waals surface area (Å²) in [5.74, 6) is 0. The number of aromatic nitrogens is 2. The Kier molecular flexibility index (Phi) is 2.86. The first-order valence-corrected chi connectivity index (χ1v) is 2.54. The van der Waals surface area contributed by atoms with Crippen LogP contribution in [0.5, 0.6) is 0 Å². The second-order valence-electron chi connectivity index (χ2n) is 1.14. The Morgan fingerprint density at radius 2 is 2.38 bits per heavy atom. The number of nitrogens with one attached hydrogen (secondary N) is 1. The van der Waals surface area contributed by atoms with Crippen molar-refractivity contribution in [2.75, 3.05) is 5.73 Å². The fraction of sp³-hybridized carbons (Fsp3) is 0. The van der Waals surface area contributed by atoms with Gasteiger partial charge in [0, 0.05) is 0 Å². The normalized spacial score (nSPS) is 8.12. The lowest BCUT2D eigenvalue weighted by molar-refractivity contribution is 1.07. The molecule has 0 bridgehead atoms. The topological polar surface area (TPSA) is 54.7 Å². The summed E-state index contributed by atoms with van der Waals surface area (Å²) in [7, 11) is 0. The van der Waals surface area contributed by atoms with Crippen molar-refractivity contribution < 1.29 is 0 Å². The number of aromatic amines is 1. The Hall–Kier alpha value is -0.220. The van der Waals surface area contributed by atoms with Crippen LogP contribution in [0.1, 0.15) is 0 Å². The van der Waals surface area contributed by atoms with Crippen LogP contribution in [0, 0.1) is 0 Å². The predicted octanol–water partition coefficient (Wildman–Crippen LogP) is 1.18. The van der Waals surface area contributed by atoms with Gasteiger partial charge in [0.15, 0.2) is 0 Å². The van der Waals surface area contributed by atoms with Crippen molar-refractivity contribution in [2.45, 2.75) is 0 Å². The van der Waals surface area contributed by atoms with E-state index in [4.69, 9.17) is 5.73 Å². The third kappa shape index (κ3) is 1.38. The number of H-pyrrole nitrogens is 1. The van der Waals surface area contributed by atoms with E-state index in [1.807, 2.05) is 0 Å². The number of nitrogen functional groups attached to an aromatic ring is 1. The van der Waals surface area contributed by atoms with Gasteiger partial charge in [-0.25, -0.2) is 0 Å². The highest BCUT2D eigenvalue weighted by Crippen LogP contribution is 2.12. The van der Waals surface area contributed by atoms with Crippen LogP contribution in [0.25, 0.3) is 0 Å². The van der Waals surface area contributed by atoms with Gasteiger partial charge in [0.1, 0.15) is 4.60 Å². The summed E-state index contributed by atoms with van der Waals surface area (Å²) in [5, 5.41) is 6.23. The largest absolute Gasteiger partial charge is 0.395 e. The van der Waals surface area contributed by atoms with Gasteiger partial charge in [0.2, 0.25) is 0 Å². The van der Waals surface area contributed by atoms with Crippen molar-refractivity contribution in [1.82, 2.24) is 10.2 Å². The summed E-state index contributed by atoms with van der Waals surface area (Å²) in [6, 6.07) is 0. The molecule has 1 aromatic rings. The van der Waals surface area contributed by atoms with Gasteiger partial charge < -0.3 is 5.73 Å². The summed E-state index contributed by atoms with van der Waals surface area (Å²) in [4.78, 5) is 0. The third-order valence-electron chi connectivity index (χ3n) is 0.620. The Morgan fingerprint density at radius 1 is 1.75 bits per heavy atom. The van der Waals surface area contributed by atoms with E-state index in [1.165, 1.54) is 0 Å². The van der Waals surface area contributed by atoms with Crippen molar-refractivity contribution in [1.29, 1.82) is 0 Å². The van der Waals surface area contributed by atoms with Crippen LogP contribution >= 0.6 is 28.3 Å². The average Bonchev–Trinajstić information content (AvgIpc) is 1.91. The Bertz CT molecular complexity index is 147. The van der Waals surface area contributed by atoms with Crippen LogP contribution in [0.15, 0.2) is 10.8 Å². The molecule has 8 heavy (non-hydrogen) atoms. The van der Waals surface area contributed by atoms with Crippen molar-refractivity contribution in [3.63, 3.8) is 0 Å². The van der Waals surface area contributed by atoms with Gasteiger partial charge in [0.25, 0.3) is 0 Å². The molecular formula is C3H5BrClN3. The van der Waals surface area contributed by atoms with E-state index < -0.39 is 0 Å². The number of halogens is 2. The van der Waals surface area contributed by atoms with Crippen LogP contribution in [-0.4, -0.2) is 10.2 Å². The van der Waals surface area contributed by atoms with Crippen molar-refractivity contribution >= 4 is 34.0 Å². The number of nitrogens with zero attached hydrogens (tertiary/aromatic N) is 1. The maximum absolute atomic E-state index is 5.30. The van der Waals surface area contributed by atoms with Crippen molar-refractivity contribution in [2.24, 2.45) is 0 Å². The Morgan fingerprint density at radius 3 is 2.50 bits per heavy atom. The molecule has 0 spiro atoms. The van der Waals surface area contributed by atoms with E-state index >= 15 is 0 Å². The van der Waals surface area contributed by atoms with E-state index in [0.717, 1.165) is 4.60 Å². The van der Waals surface area contributed by atoms with Gasteiger partial charge in [-0.2, -0.15) is 5.10 Å². The first kappa shape index (κ1) is 7.78. The molecule has 5 heteroatoms. The minimum atomic E-state index is 0. The first-order chi connectivity index (χ1) is 3.30. The van der Waals surface area contributed by atoms with Gasteiger partial charge in [-0.1, -0.05) is 0 Å². The van der Waals surface area contributed by atoms with Crippen LogP contribution in [0.4, 0.5) is 5.69 Å². The van der Waals surface area contributed by atoms with Gasteiger partial charge >= 0.3 is 0 Å². The fourth-order valence-corrected chi connectivity index (χ4v) is 0.484. The molecule has 0 aliphatic heterocycles. The summed E-state index contributed by atoms with van der Waals surface area (Å²) >= 11 is 3.12. The molecule has 0 saturated carbocycles. The number of anilines is 1. The summed E-state index contributed by atoms with van der Waals surface area (Å²) in [6.45, 7) is 0. The van der Waals surface area contributed by atoms with E-state index in [0.29, 0.717) is 5.69 Å². The van der Waals surface area contributed by atoms with E-state index in [9.17, 15) is 0 Å². The molecule has 3 N–H and O–H groups in total. The molecule has 0 aromatic carbocycles. The number of hydrogen-bond acceptors (Lipinski definition) is 2. The Labute approximate surface area is 61.2 Å². The lowest BCUT2D eigenvalue weighted by Gasteiger charge is -1.77.